The van der Waals surface area contributed by atoms with Crippen LogP contribution >= 0.6 is 11.8 Å². The molecule has 1 unspecified atom stereocenters. The molecule has 0 radical (unpaired) electrons. The minimum Gasteiger partial charge on any atom is -0.479 e. The van der Waals surface area contributed by atoms with Gasteiger partial charge in [0, 0.05) is 4.90 Å². The van der Waals surface area contributed by atoms with Gasteiger partial charge in [0.2, 0.25) is 0 Å². The van der Waals surface area contributed by atoms with E-state index in [1.54, 1.807) is 18.7 Å². The largest absolute Gasteiger partial charge is 0.479 e. The lowest BCUT2D eigenvalue weighted by molar-refractivity contribution is -0.147. The molecule has 4 heteroatoms. The van der Waals surface area contributed by atoms with Gasteiger partial charge >= 0.3 is 5.97 Å². The molecule has 1 atom stereocenters. The van der Waals surface area contributed by atoms with Gasteiger partial charge in [-0.15, -0.1) is 11.8 Å². The van der Waals surface area contributed by atoms with Crippen LogP contribution in [0.15, 0.2) is 23.1 Å². The fraction of sp³-hybridized carbons (Fsp3) is 0.417. The molecule has 0 saturated carbocycles. The predicted molar refractivity (Wildman–Crippen MR) is 65.1 cm³/mol. The molecule has 1 aromatic rings. The summed E-state index contributed by atoms with van der Waals surface area (Å²) in [6.45, 7) is 3.63. The van der Waals surface area contributed by atoms with Crippen LogP contribution in [0.5, 0.6) is 5.75 Å². The van der Waals surface area contributed by atoms with Crippen LogP contribution in [-0.4, -0.2) is 25.4 Å². The van der Waals surface area contributed by atoms with Gasteiger partial charge in [-0.2, -0.15) is 0 Å². The molecule has 0 aliphatic carbocycles. The monoisotopic (exact) mass is 240 g/mol. The third-order valence-corrected chi connectivity index (χ3v) is 2.94. The van der Waals surface area contributed by atoms with Gasteiger partial charge in [0.1, 0.15) is 5.75 Å². The van der Waals surface area contributed by atoms with E-state index in [9.17, 15) is 4.79 Å². The van der Waals surface area contributed by atoms with Crippen molar-refractivity contribution in [1.82, 2.24) is 0 Å². The standard InChI is InChI=1S/C12H16O3S/c1-8-7-10(16-4)5-6-11(8)15-9(2)12(13)14-3/h5-7,9H,1-4H3. The number of hydrogen-bond donors (Lipinski definition) is 0. The summed E-state index contributed by atoms with van der Waals surface area (Å²) in [5.74, 6) is 0.351. The molecule has 0 aliphatic rings. The molecule has 16 heavy (non-hydrogen) atoms. The summed E-state index contributed by atoms with van der Waals surface area (Å²) in [6.07, 6.45) is 1.44. The minimum absolute atomic E-state index is 0.367. The highest BCUT2D eigenvalue weighted by Gasteiger charge is 2.15. The van der Waals surface area contributed by atoms with Crippen molar-refractivity contribution in [2.45, 2.75) is 24.8 Å². The first kappa shape index (κ1) is 12.9. The number of aryl methyl sites for hydroxylation is 1. The number of hydrogen-bond acceptors (Lipinski definition) is 4. The lowest BCUT2D eigenvalue weighted by Gasteiger charge is -2.14. The lowest BCUT2D eigenvalue weighted by atomic mass is 10.2. The van der Waals surface area contributed by atoms with Gasteiger partial charge in [-0.05, 0) is 43.9 Å². The van der Waals surface area contributed by atoms with Crippen LogP contribution < -0.4 is 4.74 Å². The summed E-state index contributed by atoms with van der Waals surface area (Å²) in [5.41, 5.74) is 1.02. The first-order valence-corrected chi connectivity index (χ1v) is 6.20. The summed E-state index contributed by atoms with van der Waals surface area (Å²) >= 11 is 1.67. The maximum Gasteiger partial charge on any atom is 0.346 e. The van der Waals surface area contributed by atoms with Gasteiger partial charge in [0.25, 0.3) is 0 Å². The van der Waals surface area contributed by atoms with Gasteiger partial charge in [0.05, 0.1) is 7.11 Å². The van der Waals surface area contributed by atoms with Crippen molar-refractivity contribution in [3.8, 4) is 5.75 Å². The lowest BCUT2D eigenvalue weighted by Crippen LogP contribution is -2.25. The first-order valence-electron chi connectivity index (χ1n) is 4.97. The van der Waals surface area contributed by atoms with E-state index in [-0.39, 0.29) is 5.97 Å². The number of methoxy groups -OCH3 is 1. The number of ether oxygens (including phenoxy) is 2. The quantitative estimate of drug-likeness (QED) is 0.598. The second-order valence-corrected chi connectivity index (χ2v) is 4.29. The van der Waals surface area contributed by atoms with Crippen molar-refractivity contribution >= 4 is 17.7 Å². The van der Waals surface area contributed by atoms with Gasteiger partial charge in [-0.25, -0.2) is 4.79 Å². The fourth-order valence-electron chi connectivity index (χ4n) is 1.29. The molecular formula is C12H16O3S. The van der Waals surface area contributed by atoms with Crippen LogP contribution in [-0.2, 0) is 9.53 Å². The van der Waals surface area contributed by atoms with E-state index in [0.29, 0.717) is 0 Å². The predicted octanol–water partition coefficient (Wildman–Crippen LogP) is 2.66. The molecule has 1 rings (SSSR count). The summed E-state index contributed by atoms with van der Waals surface area (Å²) in [4.78, 5) is 12.4. The fourth-order valence-corrected chi connectivity index (χ4v) is 1.78. The number of rotatable bonds is 4. The number of carbonyl (C=O) groups excluding carboxylic acids is 1. The molecule has 0 amide bonds. The Bertz CT molecular complexity index is 377. The second kappa shape index (κ2) is 5.80. The Morgan fingerprint density at radius 1 is 1.44 bits per heavy atom. The number of thioether (sulfide) groups is 1. The highest BCUT2D eigenvalue weighted by atomic mass is 32.2. The Balaban J connectivity index is 2.78. The molecule has 0 N–H and O–H groups in total. The number of benzene rings is 1. The van der Waals surface area contributed by atoms with Crippen molar-refractivity contribution in [1.29, 1.82) is 0 Å². The molecular weight excluding hydrogens is 224 g/mol. The van der Waals surface area contributed by atoms with E-state index in [1.807, 2.05) is 31.4 Å². The Morgan fingerprint density at radius 3 is 2.62 bits per heavy atom. The summed E-state index contributed by atoms with van der Waals surface area (Å²) in [7, 11) is 1.35. The van der Waals surface area contributed by atoms with Crippen molar-refractivity contribution in [3.63, 3.8) is 0 Å². The Morgan fingerprint density at radius 2 is 2.12 bits per heavy atom. The van der Waals surface area contributed by atoms with Crippen molar-refractivity contribution in [3.05, 3.63) is 23.8 Å². The first-order chi connectivity index (χ1) is 7.58. The van der Waals surface area contributed by atoms with E-state index in [1.165, 1.54) is 12.0 Å². The maximum absolute atomic E-state index is 11.2. The zero-order valence-electron chi connectivity index (χ0n) is 9.94. The molecule has 0 bridgehead atoms. The SMILES string of the molecule is COC(=O)C(C)Oc1ccc(SC)cc1C. The third-order valence-electron chi connectivity index (χ3n) is 2.22. The maximum atomic E-state index is 11.2. The van der Waals surface area contributed by atoms with E-state index >= 15 is 0 Å². The molecule has 1 aromatic carbocycles. The van der Waals surface area contributed by atoms with Crippen LogP contribution in [0.3, 0.4) is 0 Å². The van der Waals surface area contributed by atoms with Gasteiger partial charge in [-0.1, -0.05) is 0 Å². The highest BCUT2D eigenvalue weighted by molar-refractivity contribution is 7.98. The minimum atomic E-state index is -0.580. The zero-order chi connectivity index (χ0) is 12.1. The molecule has 88 valence electrons. The summed E-state index contributed by atoms with van der Waals surface area (Å²) in [5, 5.41) is 0. The third kappa shape index (κ3) is 3.17. The average Bonchev–Trinajstić information content (AvgIpc) is 2.30. The topological polar surface area (TPSA) is 35.5 Å². The van der Waals surface area contributed by atoms with Crippen LogP contribution in [0.2, 0.25) is 0 Å². The Kier molecular flexibility index (Phi) is 4.68. The average molecular weight is 240 g/mol. The Labute approximate surface area is 100 Å². The van der Waals surface area contributed by atoms with E-state index in [0.717, 1.165) is 11.3 Å². The molecule has 3 nitrogen and oxygen atoms in total. The molecule has 0 aliphatic heterocycles. The van der Waals surface area contributed by atoms with Crippen LogP contribution in [0, 0.1) is 6.92 Å². The number of esters is 1. The van der Waals surface area contributed by atoms with Gasteiger partial charge in [-0.3, -0.25) is 0 Å². The van der Waals surface area contributed by atoms with Crippen LogP contribution in [0.4, 0.5) is 0 Å². The summed E-state index contributed by atoms with van der Waals surface area (Å²) < 4.78 is 10.1. The number of carbonyl (C=O) groups is 1. The molecule has 0 aromatic heterocycles. The van der Waals surface area contributed by atoms with E-state index < -0.39 is 6.10 Å². The van der Waals surface area contributed by atoms with Crippen molar-refractivity contribution in [2.75, 3.05) is 13.4 Å². The smallest absolute Gasteiger partial charge is 0.346 e. The van der Waals surface area contributed by atoms with Crippen LogP contribution in [0.25, 0.3) is 0 Å². The molecule has 0 saturated heterocycles. The van der Waals surface area contributed by atoms with E-state index in [4.69, 9.17) is 4.74 Å². The highest BCUT2D eigenvalue weighted by Crippen LogP contribution is 2.24. The van der Waals surface area contributed by atoms with Crippen molar-refractivity contribution < 1.29 is 14.3 Å². The van der Waals surface area contributed by atoms with Crippen LogP contribution in [0.1, 0.15) is 12.5 Å². The normalized spacial score (nSPS) is 12.0. The van der Waals surface area contributed by atoms with Gasteiger partial charge < -0.3 is 9.47 Å². The Hall–Kier alpha value is -1.16. The molecule has 0 heterocycles. The zero-order valence-corrected chi connectivity index (χ0v) is 10.8. The molecule has 0 fully saturated rings. The van der Waals surface area contributed by atoms with E-state index in [2.05, 4.69) is 4.74 Å². The van der Waals surface area contributed by atoms with Gasteiger partial charge in [0.15, 0.2) is 6.10 Å². The van der Waals surface area contributed by atoms with Crippen molar-refractivity contribution in [2.24, 2.45) is 0 Å². The second-order valence-electron chi connectivity index (χ2n) is 3.41. The molecule has 0 spiro atoms. The summed E-state index contributed by atoms with van der Waals surface area (Å²) in [6, 6.07) is 5.88.